The molecule has 3 aliphatic heterocycles. The van der Waals surface area contributed by atoms with Crippen LogP contribution in [0.5, 0.6) is 0 Å². The molecule has 34 heavy (non-hydrogen) atoms. The third-order valence-corrected chi connectivity index (χ3v) is 7.16. The number of nitrogens with one attached hydrogen (secondary N) is 1. The molecule has 0 bridgehead atoms. The highest BCUT2D eigenvalue weighted by molar-refractivity contribution is 5.71. The molecular formula is C27H47NO6. The lowest BCUT2D eigenvalue weighted by atomic mass is 9.92. The van der Waals surface area contributed by atoms with E-state index in [4.69, 9.17) is 23.7 Å². The topological polar surface area (TPSA) is 75.3 Å². The van der Waals surface area contributed by atoms with E-state index in [1.165, 1.54) is 57.8 Å². The molecule has 0 aliphatic carbocycles. The van der Waals surface area contributed by atoms with Crippen LogP contribution in [0.4, 0.5) is 4.79 Å². The molecule has 0 aromatic rings. The van der Waals surface area contributed by atoms with Crippen molar-refractivity contribution in [3.63, 3.8) is 0 Å². The minimum absolute atomic E-state index is 0.253. The second kappa shape index (κ2) is 13.2. The van der Waals surface area contributed by atoms with Crippen LogP contribution in [0.1, 0.15) is 104 Å². The molecular weight excluding hydrogens is 434 g/mol. The molecule has 3 rings (SSSR count). The first kappa shape index (κ1) is 27.4. The summed E-state index contributed by atoms with van der Waals surface area (Å²) in [6.45, 7) is 8.20. The molecule has 0 radical (unpaired) electrons. The third-order valence-electron chi connectivity index (χ3n) is 7.16. The molecule has 196 valence electrons. The Morgan fingerprint density at radius 2 is 1.53 bits per heavy atom. The van der Waals surface area contributed by atoms with Crippen molar-refractivity contribution in [1.29, 1.82) is 0 Å². The van der Waals surface area contributed by atoms with Crippen LogP contribution in [0.15, 0.2) is 12.2 Å². The van der Waals surface area contributed by atoms with E-state index in [-0.39, 0.29) is 18.5 Å². The number of rotatable bonds is 15. The molecule has 0 aromatic heterocycles. The number of cyclic esters (lactones) is 1. The van der Waals surface area contributed by atoms with E-state index in [2.05, 4.69) is 24.4 Å². The van der Waals surface area contributed by atoms with E-state index in [1.807, 2.05) is 13.8 Å². The molecule has 2 atom stereocenters. The van der Waals surface area contributed by atoms with Gasteiger partial charge in [-0.15, -0.1) is 0 Å². The molecule has 3 saturated heterocycles. The van der Waals surface area contributed by atoms with E-state index in [9.17, 15) is 4.79 Å². The van der Waals surface area contributed by atoms with Crippen LogP contribution >= 0.6 is 0 Å². The van der Waals surface area contributed by atoms with Gasteiger partial charge in [0.2, 0.25) is 0 Å². The zero-order valence-electron chi connectivity index (χ0n) is 21.7. The smallest absolute Gasteiger partial charge is 0.407 e. The molecule has 3 aliphatic rings. The molecule has 0 unspecified atom stereocenters. The van der Waals surface area contributed by atoms with Gasteiger partial charge in [0.05, 0.1) is 19.8 Å². The number of hydrogen-bond acceptors (Lipinski definition) is 6. The van der Waals surface area contributed by atoms with Crippen LogP contribution in [0, 0.1) is 0 Å². The van der Waals surface area contributed by atoms with E-state index >= 15 is 0 Å². The molecule has 1 amide bonds. The third kappa shape index (κ3) is 8.21. The Morgan fingerprint density at radius 3 is 2.18 bits per heavy atom. The van der Waals surface area contributed by atoms with Gasteiger partial charge in [-0.2, -0.15) is 0 Å². The Labute approximate surface area is 206 Å². The van der Waals surface area contributed by atoms with Gasteiger partial charge in [0.15, 0.2) is 11.6 Å². The molecule has 3 heterocycles. The lowest BCUT2D eigenvalue weighted by Gasteiger charge is -2.44. The standard InChI is InChI=1S/C27H47NO6/c1-4-5-6-14-17-27(31-19-20-32-27)18-15-12-10-8-7-9-11-13-16-23-26(21-30-24(29)28-26)22-33-25(2,3)34-23/h13,16,23H,4-12,14-15,17-22H2,1-3H3,(H,28,29)/b16-13-/t23-,26-/m1/s1. The fourth-order valence-corrected chi connectivity index (χ4v) is 5.08. The summed E-state index contributed by atoms with van der Waals surface area (Å²) >= 11 is 0. The molecule has 0 aromatic carbocycles. The highest BCUT2D eigenvalue weighted by Crippen LogP contribution is 2.33. The van der Waals surface area contributed by atoms with Crippen molar-refractivity contribution in [2.75, 3.05) is 26.4 Å². The molecule has 0 saturated carbocycles. The van der Waals surface area contributed by atoms with Crippen LogP contribution in [-0.2, 0) is 23.7 Å². The van der Waals surface area contributed by atoms with Crippen molar-refractivity contribution >= 4 is 6.09 Å². The van der Waals surface area contributed by atoms with Crippen molar-refractivity contribution in [2.24, 2.45) is 0 Å². The van der Waals surface area contributed by atoms with Gasteiger partial charge in [0, 0.05) is 12.8 Å². The minimum Gasteiger partial charge on any atom is -0.447 e. The van der Waals surface area contributed by atoms with Gasteiger partial charge in [-0.05, 0) is 39.5 Å². The first-order valence-corrected chi connectivity index (χ1v) is 13.6. The van der Waals surface area contributed by atoms with Gasteiger partial charge >= 0.3 is 6.09 Å². The summed E-state index contributed by atoms with van der Waals surface area (Å²) < 4.78 is 29.0. The molecule has 3 fully saturated rings. The first-order chi connectivity index (χ1) is 16.4. The number of amides is 1. The van der Waals surface area contributed by atoms with E-state index < -0.39 is 17.4 Å². The average Bonchev–Trinajstić information content (AvgIpc) is 3.43. The number of alkyl carbamates (subject to hydrolysis) is 1. The van der Waals surface area contributed by atoms with Gasteiger partial charge in [0.1, 0.15) is 18.2 Å². The van der Waals surface area contributed by atoms with Crippen LogP contribution < -0.4 is 5.32 Å². The number of carbonyl (C=O) groups is 1. The van der Waals surface area contributed by atoms with E-state index in [0.29, 0.717) is 6.61 Å². The maximum atomic E-state index is 11.6. The molecule has 7 nitrogen and oxygen atoms in total. The van der Waals surface area contributed by atoms with Crippen molar-refractivity contribution < 1.29 is 28.5 Å². The fraction of sp³-hybridized carbons (Fsp3) is 0.889. The van der Waals surface area contributed by atoms with Crippen molar-refractivity contribution in [2.45, 2.75) is 127 Å². The highest BCUT2D eigenvalue weighted by atomic mass is 16.7. The zero-order valence-corrected chi connectivity index (χ0v) is 21.7. The monoisotopic (exact) mass is 481 g/mol. The van der Waals surface area contributed by atoms with Gasteiger partial charge in [-0.1, -0.05) is 64.0 Å². The Bertz CT molecular complexity index is 645. The number of ether oxygens (including phenoxy) is 5. The number of hydrogen-bond donors (Lipinski definition) is 1. The Hall–Kier alpha value is -1.15. The predicted molar refractivity (Wildman–Crippen MR) is 132 cm³/mol. The predicted octanol–water partition coefficient (Wildman–Crippen LogP) is 6.01. The lowest BCUT2D eigenvalue weighted by Crippen LogP contribution is -2.63. The van der Waals surface area contributed by atoms with Crippen molar-refractivity contribution in [3.05, 3.63) is 12.2 Å². The minimum atomic E-state index is -0.670. The summed E-state index contributed by atoms with van der Waals surface area (Å²) in [6.07, 6.45) is 19.1. The summed E-state index contributed by atoms with van der Waals surface area (Å²) in [5.41, 5.74) is -0.622. The highest BCUT2D eigenvalue weighted by Gasteiger charge is 2.52. The Morgan fingerprint density at radius 1 is 0.882 bits per heavy atom. The fourth-order valence-electron chi connectivity index (χ4n) is 5.08. The summed E-state index contributed by atoms with van der Waals surface area (Å²) in [7, 11) is 0. The van der Waals surface area contributed by atoms with Gasteiger partial charge in [-0.25, -0.2) is 4.79 Å². The molecule has 1 spiro atoms. The van der Waals surface area contributed by atoms with Gasteiger partial charge < -0.3 is 29.0 Å². The quantitative estimate of drug-likeness (QED) is 0.228. The van der Waals surface area contributed by atoms with Crippen LogP contribution in [-0.4, -0.2) is 55.7 Å². The summed E-state index contributed by atoms with van der Waals surface area (Å²) in [6, 6.07) is 0. The number of allylic oxidation sites excluding steroid dienone is 1. The summed E-state index contributed by atoms with van der Waals surface area (Å²) in [5.74, 6) is -0.962. The summed E-state index contributed by atoms with van der Waals surface area (Å²) in [5, 5.41) is 2.90. The zero-order chi connectivity index (χ0) is 24.3. The maximum absolute atomic E-state index is 11.6. The lowest BCUT2D eigenvalue weighted by molar-refractivity contribution is -0.289. The molecule has 1 N–H and O–H groups in total. The largest absolute Gasteiger partial charge is 0.447 e. The maximum Gasteiger partial charge on any atom is 0.407 e. The van der Waals surface area contributed by atoms with Crippen LogP contribution in [0.2, 0.25) is 0 Å². The van der Waals surface area contributed by atoms with Crippen molar-refractivity contribution in [1.82, 2.24) is 5.32 Å². The number of carbonyl (C=O) groups excluding carboxylic acids is 1. The normalized spacial score (nSPS) is 28.0. The van der Waals surface area contributed by atoms with Gasteiger partial charge in [0.25, 0.3) is 0 Å². The van der Waals surface area contributed by atoms with E-state index in [1.54, 1.807) is 0 Å². The van der Waals surface area contributed by atoms with Crippen LogP contribution in [0.3, 0.4) is 0 Å². The SMILES string of the molecule is CCCCCCC1(CCCCCCCC/C=C\[C@H]2OC(C)(C)OC[C@]23COC(=O)N3)OCCO1. The average molecular weight is 482 g/mol. The second-order valence-electron chi connectivity index (χ2n) is 10.6. The first-order valence-electron chi connectivity index (χ1n) is 13.6. The number of unbranched alkanes of at least 4 members (excludes halogenated alkanes) is 9. The second-order valence-corrected chi connectivity index (χ2v) is 10.6. The summed E-state index contributed by atoms with van der Waals surface area (Å²) in [4.78, 5) is 11.6. The Balaban J connectivity index is 1.27. The molecule has 7 heteroatoms. The van der Waals surface area contributed by atoms with Gasteiger partial charge in [-0.3, -0.25) is 0 Å². The van der Waals surface area contributed by atoms with E-state index in [0.717, 1.165) is 38.9 Å². The van der Waals surface area contributed by atoms with Crippen LogP contribution in [0.25, 0.3) is 0 Å². The Kier molecular flexibility index (Phi) is 10.7. The van der Waals surface area contributed by atoms with Crippen molar-refractivity contribution in [3.8, 4) is 0 Å².